The Balaban J connectivity index is 1.61. The smallest absolute Gasteiger partial charge is 0.494 e. The van der Waals surface area contributed by atoms with Crippen LogP contribution in [0.2, 0.25) is 0 Å². The van der Waals surface area contributed by atoms with Gasteiger partial charge in [-0.25, -0.2) is 4.79 Å². The molecule has 0 spiro atoms. The van der Waals surface area contributed by atoms with E-state index in [1.165, 1.54) is 24.3 Å². The number of carbonyl (C=O) groups excluding carboxylic acids is 3. The van der Waals surface area contributed by atoms with Gasteiger partial charge in [0.1, 0.15) is 11.5 Å². The van der Waals surface area contributed by atoms with E-state index in [0.717, 1.165) is 11.3 Å². The number of anilines is 2. The Morgan fingerprint density at radius 1 is 0.735 bits per heavy atom. The number of hydrogen-bond donors (Lipinski definition) is 2. The van der Waals surface area contributed by atoms with Crippen molar-refractivity contribution in [1.82, 2.24) is 0 Å². The fraction of sp³-hybridized carbons (Fsp3) is 0.192. The molecule has 3 aromatic carbocycles. The van der Waals surface area contributed by atoms with Crippen LogP contribution in [-0.4, -0.2) is 31.2 Å². The summed E-state index contributed by atoms with van der Waals surface area (Å²) in [5.41, 5.74) is 2.13. The minimum absolute atomic E-state index is 0.177. The molecule has 0 atom stereocenters. The second-order valence-electron chi connectivity index (χ2n) is 7.11. The number of carbonyl (C=O) groups is 3. The van der Waals surface area contributed by atoms with Crippen molar-refractivity contribution in [2.24, 2.45) is 0 Å². The number of amides is 2. The zero-order valence-electron chi connectivity index (χ0n) is 19.0. The summed E-state index contributed by atoms with van der Waals surface area (Å²) in [4.78, 5) is 36.7. The first-order chi connectivity index (χ1) is 16.5. The Kier molecular flexibility index (Phi) is 8.62. The Hall–Kier alpha value is -4.33. The molecule has 0 aliphatic rings. The summed E-state index contributed by atoms with van der Waals surface area (Å²) in [5, 5.41) is 5.64. The molecule has 0 unspecified atom stereocenters. The van der Waals surface area contributed by atoms with Gasteiger partial charge in [0, 0.05) is 5.56 Å². The van der Waals surface area contributed by atoms with Crippen LogP contribution < -0.4 is 20.1 Å². The van der Waals surface area contributed by atoms with Crippen molar-refractivity contribution in [2.45, 2.75) is 20.3 Å². The van der Waals surface area contributed by atoms with E-state index in [1.807, 2.05) is 31.2 Å². The molecular formula is C26H26N2O6. The summed E-state index contributed by atoms with van der Waals surface area (Å²) in [5.74, 6) is 0.416. The maximum Gasteiger partial charge on any atom is 0.513 e. The largest absolute Gasteiger partial charge is 0.513 e. The van der Waals surface area contributed by atoms with E-state index in [2.05, 4.69) is 10.6 Å². The summed E-state index contributed by atoms with van der Waals surface area (Å²) in [7, 11) is 0. The van der Waals surface area contributed by atoms with Crippen LogP contribution in [0, 0.1) is 0 Å². The van der Waals surface area contributed by atoms with E-state index >= 15 is 0 Å². The van der Waals surface area contributed by atoms with Crippen molar-refractivity contribution < 1.29 is 28.6 Å². The van der Waals surface area contributed by atoms with Gasteiger partial charge in [0.2, 0.25) is 5.91 Å². The van der Waals surface area contributed by atoms with Crippen LogP contribution in [-0.2, 0) is 16.0 Å². The summed E-state index contributed by atoms with van der Waals surface area (Å²) in [6, 6.07) is 20.3. The molecule has 0 bridgehead atoms. The van der Waals surface area contributed by atoms with Crippen LogP contribution in [0.5, 0.6) is 11.5 Å². The molecule has 0 aliphatic heterocycles. The molecule has 0 saturated heterocycles. The number of benzene rings is 3. The molecule has 8 heteroatoms. The highest BCUT2D eigenvalue weighted by Crippen LogP contribution is 2.23. The molecule has 0 saturated carbocycles. The van der Waals surface area contributed by atoms with Gasteiger partial charge in [0.15, 0.2) is 0 Å². The van der Waals surface area contributed by atoms with Gasteiger partial charge < -0.3 is 24.8 Å². The van der Waals surface area contributed by atoms with Crippen LogP contribution >= 0.6 is 0 Å². The monoisotopic (exact) mass is 462 g/mol. The zero-order valence-corrected chi connectivity index (χ0v) is 19.0. The lowest BCUT2D eigenvalue weighted by atomic mass is 10.1. The van der Waals surface area contributed by atoms with Gasteiger partial charge in [-0.15, -0.1) is 0 Å². The standard InChI is InChI=1S/C26H26N2O6/c1-3-32-20-13-9-18(10-14-20)17-24(29)27-22-7-5-6-8-23(22)28-25(30)19-11-15-21(16-12-19)34-26(31)33-4-2/h5-16H,3-4,17H2,1-2H3,(H,27,29)(H,28,30). The molecule has 0 aliphatic carbocycles. The number of ether oxygens (including phenoxy) is 3. The highest BCUT2D eigenvalue weighted by atomic mass is 16.7. The summed E-state index contributed by atoms with van der Waals surface area (Å²) in [6.45, 7) is 4.37. The van der Waals surface area contributed by atoms with E-state index in [0.29, 0.717) is 23.5 Å². The SMILES string of the molecule is CCOC(=O)Oc1ccc(C(=O)Nc2ccccc2NC(=O)Cc2ccc(OCC)cc2)cc1. The van der Waals surface area contributed by atoms with Crippen LogP contribution in [0.15, 0.2) is 72.8 Å². The van der Waals surface area contributed by atoms with Crippen molar-refractivity contribution in [1.29, 1.82) is 0 Å². The highest BCUT2D eigenvalue weighted by molar-refractivity contribution is 6.07. The van der Waals surface area contributed by atoms with Crippen LogP contribution in [0.1, 0.15) is 29.8 Å². The molecule has 176 valence electrons. The van der Waals surface area contributed by atoms with Crippen LogP contribution in [0.4, 0.5) is 16.2 Å². The Bertz CT molecular complexity index is 1130. The van der Waals surface area contributed by atoms with Crippen LogP contribution in [0.25, 0.3) is 0 Å². The van der Waals surface area contributed by atoms with Crippen LogP contribution in [0.3, 0.4) is 0 Å². The quantitative estimate of drug-likeness (QED) is 0.341. The first-order valence-electron chi connectivity index (χ1n) is 10.8. The minimum Gasteiger partial charge on any atom is -0.494 e. The van der Waals surface area contributed by atoms with Gasteiger partial charge in [-0.2, -0.15) is 0 Å². The average molecular weight is 463 g/mol. The Labute approximate surface area is 197 Å². The Morgan fingerprint density at radius 2 is 1.35 bits per heavy atom. The topological polar surface area (TPSA) is 103 Å². The Morgan fingerprint density at radius 3 is 1.97 bits per heavy atom. The van der Waals surface area contributed by atoms with Gasteiger partial charge in [-0.05, 0) is 67.9 Å². The first-order valence-corrected chi connectivity index (χ1v) is 10.8. The van der Waals surface area contributed by atoms with E-state index in [4.69, 9.17) is 14.2 Å². The molecule has 0 heterocycles. The summed E-state index contributed by atoms with van der Waals surface area (Å²) >= 11 is 0. The van der Waals surface area contributed by atoms with Gasteiger partial charge in [-0.1, -0.05) is 24.3 Å². The molecular weight excluding hydrogens is 436 g/mol. The third-order valence-corrected chi connectivity index (χ3v) is 4.63. The molecule has 3 aromatic rings. The minimum atomic E-state index is -0.811. The van der Waals surface area contributed by atoms with E-state index in [1.54, 1.807) is 31.2 Å². The number of rotatable bonds is 9. The molecule has 2 N–H and O–H groups in total. The molecule has 0 radical (unpaired) electrons. The van der Waals surface area contributed by atoms with Crippen molar-refractivity contribution in [3.63, 3.8) is 0 Å². The maximum absolute atomic E-state index is 12.7. The predicted molar refractivity (Wildman–Crippen MR) is 128 cm³/mol. The highest BCUT2D eigenvalue weighted by Gasteiger charge is 2.13. The third-order valence-electron chi connectivity index (χ3n) is 4.63. The molecule has 8 nitrogen and oxygen atoms in total. The predicted octanol–water partition coefficient (Wildman–Crippen LogP) is 5.05. The molecule has 0 aromatic heterocycles. The van der Waals surface area contributed by atoms with Crippen molar-refractivity contribution >= 4 is 29.3 Å². The van der Waals surface area contributed by atoms with Crippen molar-refractivity contribution in [2.75, 3.05) is 23.8 Å². The fourth-order valence-electron chi connectivity index (χ4n) is 3.06. The van der Waals surface area contributed by atoms with Gasteiger partial charge >= 0.3 is 6.16 Å². The molecule has 0 fully saturated rings. The molecule has 2 amide bonds. The lowest BCUT2D eigenvalue weighted by molar-refractivity contribution is -0.115. The number of nitrogens with one attached hydrogen (secondary N) is 2. The third kappa shape index (κ3) is 7.09. The number of para-hydroxylation sites is 2. The van der Waals surface area contributed by atoms with E-state index < -0.39 is 6.16 Å². The molecule has 34 heavy (non-hydrogen) atoms. The average Bonchev–Trinajstić information content (AvgIpc) is 2.82. The fourth-order valence-corrected chi connectivity index (χ4v) is 3.06. The molecule has 3 rings (SSSR count). The normalized spacial score (nSPS) is 10.2. The van der Waals surface area contributed by atoms with Crippen molar-refractivity contribution in [3.8, 4) is 11.5 Å². The summed E-state index contributed by atoms with van der Waals surface area (Å²) in [6.07, 6.45) is -0.633. The second-order valence-corrected chi connectivity index (χ2v) is 7.11. The van der Waals surface area contributed by atoms with Crippen molar-refractivity contribution in [3.05, 3.63) is 83.9 Å². The summed E-state index contributed by atoms with van der Waals surface area (Å²) < 4.78 is 15.1. The number of hydrogen-bond acceptors (Lipinski definition) is 6. The zero-order chi connectivity index (χ0) is 24.3. The van der Waals surface area contributed by atoms with E-state index in [9.17, 15) is 14.4 Å². The second kappa shape index (κ2) is 12.1. The lowest BCUT2D eigenvalue weighted by Gasteiger charge is -2.13. The van der Waals surface area contributed by atoms with Gasteiger partial charge in [0.25, 0.3) is 5.91 Å². The van der Waals surface area contributed by atoms with Gasteiger partial charge in [0.05, 0.1) is 31.0 Å². The van der Waals surface area contributed by atoms with Gasteiger partial charge in [-0.3, -0.25) is 9.59 Å². The lowest BCUT2D eigenvalue weighted by Crippen LogP contribution is -2.18. The maximum atomic E-state index is 12.7. The first kappa shape index (κ1) is 24.3. The van der Waals surface area contributed by atoms with E-state index in [-0.39, 0.29) is 30.6 Å².